The van der Waals surface area contributed by atoms with Gasteiger partial charge in [0.05, 0.1) is 11.0 Å². The van der Waals surface area contributed by atoms with Crippen LogP contribution in [0, 0.1) is 5.92 Å². The van der Waals surface area contributed by atoms with Crippen LogP contribution in [0.25, 0.3) is 11.0 Å². The Labute approximate surface area is 220 Å². The van der Waals surface area contributed by atoms with Crippen molar-refractivity contribution in [3.8, 4) is 0 Å². The smallest absolute Gasteiger partial charge is 0.227 e. The van der Waals surface area contributed by atoms with E-state index in [0.29, 0.717) is 38.4 Å². The number of aromatic nitrogens is 2. The summed E-state index contributed by atoms with van der Waals surface area (Å²) in [6.45, 7) is 7.80. The molecule has 198 valence electrons. The van der Waals surface area contributed by atoms with E-state index < -0.39 is 0 Å². The third-order valence-electron chi connectivity index (χ3n) is 7.05. The number of amides is 2. The highest BCUT2D eigenvalue weighted by atomic mass is 16.2. The largest absolute Gasteiger partial charge is 0.342 e. The summed E-state index contributed by atoms with van der Waals surface area (Å²) in [5, 5.41) is 0. The summed E-state index contributed by atoms with van der Waals surface area (Å²) in [6, 6.07) is 16.1. The summed E-state index contributed by atoms with van der Waals surface area (Å²) < 4.78 is 0. The second kappa shape index (κ2) is 12.9. The van der Waals surface area contributed by atoms with Crippen LogP contribution >= 0.6 is 0 Å². The molecule has 1 N–H and O–H groups in total. The fourth-order valence-corrected chi connectivity index (χ4v) is 5.00. The standard InChI is InChI=1S/C30H41N5O2/c1-23(2)21-30(37)35-18-10-17-33(3)19-20-34(22-24-11-4-7-14-27(24)35)29(36)16-9-8-15-28-31-25-12-5-6-13-26(25)32-28/h4-7,11-14,23H,8-10,15-22H2,1-3H3,(H,31,32). The molecule has 0 unspecified atom stereocenters. The molecule has 37 heavy (non-hydrogen) atoms. The fourth-order valence-electron chi connectivity index (χ4n) is 5.00. The van der Waals surface area contributed by atoms with Gasteiger partial charge in [-0.2, -0.15) is 0 Å². The minimum Gasteiger partial charge on any atom is -0.342 e. The Hall–Kier alpha value is -3.19. The van der Waals surface area contributed by atoms with Gasteiger partial charge in [-0.25, -0.2) is 4.98 Å². The van der Waals surface area contributed by atoms with Crippen LogP contribution in [0.1, 0.15) is 57.3 Å². The first-order valence-electron chi connectivity index (χ1n) is 13.7. The fraction of sp³-hybridized carbons (Fsp3) is 0.500. The van der Waals surface area contributed by atoms with Gasteiger partial charge in [0.25, 0.3) is 0 Å². The number of carbonyl (C=O) groups is 2. The number of rotatable bonds is 7. The molecular formula is C30H41N5O2. The molecule has 0 aliphatic carbocycles. The van der Waals surface area contributed by atoms with Gasteiger partial charge in [0.15, 0.2) is 0 Å². The lowest BCUT2D eigenvalue weighted by molar-refractivity contribution is -0.132. The average Bonchev–Trinajstić information content (AvgIpc) is 3.28. The number of imidazole rings is 1. The van der Waals surface area contributed by atoms with E-state index in [-0.39, 0.29) is 11.8 Å². The van der Waals surface area contributed by atoms with Crippen LogP contribution in [0.3, 0.4) is 0 Å². The Bertz CT molecular complexity index is 1150. The minimum absolute atomic E-state index is 0.160. The second-order valence-electron chi connectivity index (χ2n) is 10.7. The first-order chi connectivity index (χ1) is 17.9. The molecule has 4 rings (SSSR count). The van der Waals surface area contributed by atoms with Gasteiger partial charge in [-0.15, -0.1) is 0 Å². The number of hydrogen-bond donors (Lipinski definition) is 1. The number of benzene rings is 2. The summed E-state index contributed by atoms with van der Waals surface area (Å²) in [4.78, 5) is 40.8. The second-order valence-corrected chi connectivity index (χ2v) is 10.7. The summed E-state index contributed by atoms with van der Waals surface area (Å²) >= 11 is 0. The summed E-state index contributed by atoms with van der Waals surface area (Å²) in [6.07, 6.45) is 4.52. The van der Waals surface area contributed by atoms with Crippen molar-refractivity contribution >= 4 is 28.5 Å². The van der Waals surface area contributed by atoms with E-state index in [1.165, 1.54) is 0 Å². The Morgan fingerprint density at radius 1 is 0.946 bits per heavy atom. The maximum absolute atomic E-state index is 13.4. The Morgan fingerprint density at radius 3 is 2.54 bits per heavy atom. The van der Waals surface area contributed by atoms with Gasteiger partial charge < -0.3 is 19.7 Å². The van der Waals surface area contributed by atoms with E-state index in [2.05, 4.69) is 41.8 Å². The Balaban J connectivity index is 1.42. The summed E-state index contributed by atoms with van der Waals surface area (Å²) in [5.41, 5.74) is 4.03. The number of unbranched alkanes of at least 4 members (excludes halogenated alkanes) is 1. The summed E-state index contributed by atoms with van der Waals surface area (Å²) in [5.74, 6) is 1.61. The van der Waals surface area contributed by atoms with Crippen molar-refractivity contribution < 1.29 is 9.59 Å². The molecule has 0 bridgehead atoms. The zero-order valence-electron chi connectivity index (χ0n) is 22.6. The predicted molar refractivity (Wildman–Crippen MR) is 149 cm³/mol. The molecule has 2 aromatic carbocycles. The van der Waals surface area contributed by atoms with Gasteiger partial charge >= 0.3 is 0 Å². The number of aromatic amines is 1. The van der Waals surface area contributed by atoms with Crippen LogP contribution < -0.4 is 4.90 Å². The third-order valence-corrected chi connectivity index (χ3v) is 7.05. The van der Waals surface area contributed by atoms with Gasteiger partial charge in [0.2, 0.25) is 11.8 Å². The molecule has 3 aromatic rings. The predicted octanol–water partition coefficient (Wildman–Crippen LogP) is 5.02. The first kappa shape index (κ1) is 26.9. The number of nitrogens with one attached hydrogen (secondary N) is 1. The zero-order valence-corrected chi connectivity index (χ0v) is 22.6. The number of H-pyrrole nitrogens is 1. The number of aryl methyl sites for hydroxylation is 1. The van der Waals surface area contributed by atoms with Gasteiger partial charge in [0, 0.05) is 51.1 Å². The van der Waals surface area contributed by atoms with Crippen molar-refractivity contribution in [1.29, 1.82) is 0 Å². The quantitative estimate of drug-likeness (QED) is 0.460. The molecule has 0 saturated heterocycles. The van der Waals surface area contributed by atoms with E-state index in [9.17, 15) is 9.59 Å². The molecule has 0 atom stereocenters. The van der Waals surface area contributed by atoms with Crippen LogP contribution in [0.5, 0.6) is 0 Å². The SMILES string of the molecule is CC(C)CC(=O)N1CCCN(C)CCN(C(=O)CCCCc2nc3ccccc3[nH]2)Cc2ccccc21. The van der Waals surface area contributed by atoms with Crippen molar-refractivity contribution in [1.82, 2.24) is 19.8 Å². The van der Waals surface area contributed by atoms with Gasteiger partial charge in [0.1, 0.15) is 5.82 Å². The number of anilines is 1. The van der Waals surface area contributed by atoms with Gasteiger partial charge in [-0.3, -0.25) is 9.59 Å². The molecule has 0 radical (unpaired) electrons. The minimum atomic E-state index is 0.160. The third kappa shape index (κ3) is 7.41. The van der Waals surface area contributed by atoms with Crippen LogP contribution in [0.2, 0.25) is 0 Å². The molecule has 2 amide bonds. The molecule has 0 fully saturated rings. The average molecular weight is 504 g/mol. The maximum Gasteiger partial charge on any atom is 0.227 e. The van der Waals surface area contributed by atoms with Crippen molar-refractivity contribution in [3.63, 3.8) is 0 Å². The lowest BCUT2D eigenvalue weighted by Gasteiger charge is -2.28. The topological polar surface area (TPSA) is 72.5 Å². The van der Waals surface area contributed by atoms with E-state index in [1.54, 1.807) is 0 Å². The van der Waals surface area contributed by atoms with E-state index in [1.807, 2.05) is 52.3 Å². The van der Waals surface area contributed by atoms with Crippen molar-refractivity contribution in [3.05, 3.63) is 59.9 Å². The normalized spacial score (nSPS) is 15.6. The molecular weight excluding hydrogens is 462 g/mol. The number of likely N-dealkylation sites (N-methyl/N-ethyl adjacent to an activating group) is 1. The molecule has 0 saturated carbocycles. The van der Waals surface area contributed by atoms with Gasteiger partial charge in [-0.1, -0.05) is 44.2 Å². The number of nitrogens with zero attached hydrogens (tertiary/aromatic N) is 4. The van der Waals surface area contributed by atoms with Crippen LogP contribution in [0.15, 0.2) is 48.5 Å². The van der Waals surface area contributed by atoms with E-state index in [0.717, 1.165) is 66.9 Å². The summed E-state index contributed by atoms with van der Waals surface area (Å²) in [7, 11) is 2.10. The maximum atomic E-state index is 13.4. The Kier molecular flexibility index (Phi) is 9.34. The van der Waals surface area contributed by atoms with Crippen LogP contribution in [0.4, 0.5) is 5.69 Å². The highest BCUT2D eigenvalue weighted by molar-refractivity contribution is 5.94. The molecule has 2 heterocycles. The monoisotopic (exact) mass is 503 g/mol. The number of fused-ring (bicyclic) bond motifs is 2. The molecule has 0 spiro atoms. The van der Waals surface area contributed by atoms with E-state index >= 15 is 0 Å². The molecule has 7 heteroatoms. The molecule has 1 aromatic heterocycles. The lowest BCUT2D eigenvalue weighted by Crippen LogP contribution is -2.37. The van der Waals surface area contributed by atoms with Crippen LogP contribution in [-0.4, -0.2) is 64.8 Å². The highest BCUT2D eigenvalue weighted by Gasteiger charge is 2.23. The molecule has 1 aliphatic heterocycles. The Morgan fingerprint density at radius 2 is 1.73 bits per heavy atom. The van der Waals surface area contributed by atoms with Crippen molar-refractivity contribution in [2.24, 2.45) is 5.92 Å². The molecule has 7 nitrogen and oxygen atoms in total. The first-order valence-corrected chi connectivity index (χ1v) is 13.7. The lowest BCUT2D eigenvalue weighted by atomic mass is 10.1. The van der Waals surface area contributed by atoms with E-state index in [4.69, 9.17) is 0 Å². The van der Waals surface area contributed by atoms with Crippen LogP contribution in [-0.2, 0) is 22.6 Å². The number of hydrogen-bond acceptors (Lipinski definition) is 4. The van der Waals surface area contributed by atoms with Crippen molar-refractivity contribution in [2.45, 2.75) is 58.9 Å². The highest BCUT2D eigenvalue weighted by Crippen LogP contribution is 2.25. The molecule has 1 aliphatic rings. The zero-order chi connectivity index (χ0) is 26.2. The number of para-hydroxylation sites is 3. The van der Waals surface area contributed by atoms with Gasteiger partial charge in [-0.05, 0) is 62.5 Å². The van der Waals surface area contributed by atoms with Crippen molar-refractivity contribution in [2.75, 3.05) is 38.1 Å². The number of carbonyl (C=O) groups excluding carboxylic acids is 2.